The molecular weight excluding hydrogens is 232 g/mol. The van der Waals surface area contributed by atoms with Gasteiger partial charge < -0.3 is 10.4 Å². The van der Waals surface area contributed by atoms with Crippen LogP contribution < -0.4 is 5.32 Å². The fraction of sp³-hybridized carbons (Fsp3) is 0.857. The van der Waals surface area contributed by atoms with Crippen molar-refractivity contribution >= 4 is 15.7 Å². The van der Waals surface area contributed by atoms with E-state index in [4.69, 9.17) is 5.11 Å². The van der Waals surface area contributed by atoms with Crippen molar-refractivity contribution in [1.29, 1.82) is 0 Å². The Morgan fingerprint density at radius 1 is 1.47 bits per heavy atom. The van der Waals surface area contributed by atoms with Gasteiger partial charge >= 0.3 is 0 Å². The molecule has 8 heteroatoms. The highest BCUT2D eigenvalue weighted by molar-refractivity contribution is 7.92. The normalized spacial score (nSPS) is 16.1. The lowest BCUT2D eigenvalue weighted by atomic mass is 10.3. The molecule has 0 aliphatic rings. The van der Waals surface area contributed by atoms with Crippen LogP contribution in [0, 0.1) is 0 Å². The van der Waals surface area contributed by atoms with Crippen molar-refractivity contribution in [3.8, 4) is 0 Å². The first-order valence-electron chi connectivity index (χ1n) is 4.09. The summed E-state index contributed by atoms with van der Waals surface area (Å²) in [6.45, 7) is 0.468. The summed E-state index contributed by atoms with van der Waals surface area (Å²) in [5, 5.41) is 9.25. The van der Waals surface area contributed by atoms with Gasteiger partial charge in [-0.1, -0.05) is 0 Å². The fourth-order valence-electron chi connectivity index (χ4n) is 0.632. The monoisotopic (exact) mass is 245 g/mol. The standard InChI is InChI=1S/C7H13F2NO4S/c1-4(15(2,13)14)7(12)10-3-5(11)6(8)9/h4-6,11H,3H2,1-2H3,(H,10,12). The molecule has 0 aromatic heterocycles. The number of aliphatic hydroxyl groups excluding tert-OH is 1. The molecule has 15 heavy (non-hydrogen) atoms. The number of halogens is 2. The minimum Gasteiger partial charge on any atom is -0.385 e. The van der Waals surface area contributed by atoms with Crippen LogP contribution in [-0.4, -0.2) is 50.0 Å². The summed E-state index contributed by atoms with van der Waals surface area (Å²) in [6, 6.07) is 0. The second-order valence-electron chi connectivity index (χ2n) is 3.12. The van der Waals surface area contributed by atoms with Crippen LogP contribution in [0.25, 0.3) is 0 Å². The first-order chi connectivity index (χ1) is 6.66. The largest absolute Gasteiger partial charge is 0.385 e. The van der Waals surface area contributed by atoms with E-state index in [1.54, 1.807) is 0 Å². The minimum atomic E-state index is -3.55. The molecule has 0 aliphatic carbocycles. The Morgan fingerprint density at radius 2 is 1.93 bits per heavy atom. The lowest BCUT2D eigenvalue weighted by molar-refractivity contribution is -0.121. The number of carbonyl (C=O) groups excluding carboxylic acids is 1. The van der Waals surface area contributed by atoms with Crippen molar-refractivity contribution in [2.45, 2.75) is 24.7 Å². The third kappa shape index (κ3) is 5.03. The number of sulfone groups is 1. The molecule has 0 saturated carbocycles. The molecule has 0 aromatic carbocycles. The summed E-state index contributed by atoms with van der Waals surface area (Å²) in [5.74, 6) is -0.905. The molecular formula is C7H13F2NO4S. The van der Waals surface area contributed by atoms with E-state index in [1.165, 1.54) is 0 Å². The van der Waals surface area contributed by atoms with Gasteiger partial charge in [-0.15, -0.1) is 0 Å². The third-order valence-corrected chi connectivity index (χ3v) is 3.29. The SMILES string of the molecule is CC(C(=O)NCC(O)C(F)F)S(C)(=O)=O. The minimum absolute atomic E-state index is 0.670. The van der Waals surface area contributed by atoms with Gasteiger partial charge in [0, 0.05) is 12.8 Å². The molecule has 0 saturated heterocycles. The van der Waals surface area contributed by atoms with Crippen LogP contribution in [0.1, 0.15) is 6.92 Å². The molecule has 1 amide bonds. The number of amides is 1. The average molecular weight is 245 g/mol. The Bertz CT molecular complexity index is 317. The Morgan fingerprint density at radius 3 is 2.27 bits per heavy atom. The van der Waals surface area contributed by atoms with Crippen molar-refractivity contribution in [1.82, 2.24) is 5.32 Å². The summed E-state index contributed by atoms with van der Waals surface area (Å²) >= 11 is 0. The highest BCUT2D eigenvalue weighted by Crippen LogP contribution is 2.01. The highest BCUT2D eigenvalue weighted by atomic mass is 32.2. The van der Waals surface area contributed by atoms with Crippen molar-refractivity contribution in [3.63, 3.8) is 0 Å². The molecule has 2 N–H and O–H groups in total. The van der Waals surface area contributed by atoms with Crippen molar-refractivity contribution in [2.24, 2.45) is 0 Å². The number of nitrogens with one attached hydrogen (secondary N) is 1. The van der Waals surface area contributed by atoms with Gasteiger partial charge in [-0.3, -0.25) is 4.79 Å². The van der Waals surface area contributed by atoms with Gasteiger partial charge in [-0.05, 0) is 6.92 Å². The maximum atomic E-state index is 11.8. The number of aliphatic hydroxyl groups is 1. The smallest absolute Gasteiger partial charge is 0.265 e. The number of hydrogen-bond acceptors (Lipinski definition) is 4. The van der Waals surface area contributed by atoms with Gasteiger partial charge in [-0.2, -0.15) is 0 Å². The molecule has 0 aromatic rings. The van der Waals surface area contributed by atoms with Crippen LogP contribution >= 0.6 is 0 Å². The van der Waals surface area contributed by atoms with Gasteiger partial charge in [0.05, 0.1) is 0 Å². The first-order valence-corrected chi connectivity index (χ1v) is 6.04. The van der Waals surface area contributed by atoms with E-state index in [-0.39, 0.29) is 0 Å². The molecule has 0 bridgehead atoms. The van der Waals surface area contributed by atoms with E-state index < -0.39 is 40.1 Å². The predicted octanol–water partition coefficient (Wildman–Crippen LogP) is -0.838. The molecule has 0 spiro atoms. The summed E-state index contributed by atoms with van der Waals surface area (Å²) in [6.07, 6.45) is -4.10. The van der Waals surface area contributed by atoms with E-state index in [1.807, 2.05) is 5.32 Å². The van der Waals surface area contributed by atoms with Crippen LogP contribution in [0.2, 0.25) is 0 Å². The van der Waals surface area contributed by atoms with Gasteiger partial charge in [0.1, 0.15) is 11.4 Å². The number of carbonyl (C=O) groups is 1. The number of alkyl halides is 2. The Labute approximate surface area is 86.4 Å². The highest BCUT2D eigenvalue weighted by Gasteiger charge is 2.25. The van der Waals surface area contributed by atoms with Crippen LogP contribution in [0.5, 0.6) is 0 Å². The fourth-order valence-corrected chi connectivity index (χ4v) is 1.10. The zero-order valence-corrected chi connectivity index (χ0v) is 9.09. The van der Waals surface area contributed by atoms with Gasteiger partial charge in [0.2, 0.25) is 5.91 Å². The maximum absolute atomic E-state index is 11.8. The zero-order chi connectivity index (χ0) is 12.2. The summed E-state index contributed by atoms with van der Waals surface area (Å²) in [7, 11) is -3.55. The molecule has 0 heterocycles. The zero-order valence-electron chi connectivity index (χ0n) is 8.28. The molecule has 5 nitrogen and oxygen atoms in total. The average Bonchev–Trinajstić information content (AvgIpc) is 2.10. The molecule has 0 rings (SSSR count). The van der Waals surface area contributed by atoms with Crippen molar-refractivity contribution in [3.05, 3.63) is 0 Å². The summed E-state index contributed by atoms with van der Waals surface area (Å²) in [5.41, 5.74) is 0. The Hall–Kier alpha value is -0.760. The molecule has 0 radical (unpaired) electrons. The molecule has 90 valence electrons. The van der Waals surface area contributed by atoms with E-state index in [0.29, 0.717) is 0 Å². The van der Waals surface area contributed by atoms with Gasteiger partial charge in [-0.25, -0.2) is 17.2 Å². The van der Waals surface area contributed by atoms with Crippen molar-refractivity contribution in [2.75, 3.05) is 12.8 Å². The number of rotatable bonds is 5. The van der Waals surface area contributed by atoms with E-state index in [2.05, 4.69) is 0 Å². The topological polar surface area (TPSA) is 83.5 Å². The Kier molecular flexibility index (Phi) is 5.09. The van der Waals surface area contributed by atoms with E-state index in [0.717, 1.165) is 13.2 Å². The van der Waals surface area contributed by atoms with Gasteiger partial charge in [0.25, 0.3) is 6.43 Å². The maximum Gasteiger partial charge on any atom is 0.265 e. The van der Waals surface area contributed by atoms with Crippen LogP contribution in [0.4, 0.5) is 8.78 Å². The molecule has 0 aliphatic heterocycles. The molecule has 0 fully saturated rings. The quantitative estimate of drug-likeness (QED) is 0.661. The molecule has 2 unspecified atom stereocenters. The van der Waals surface area contributed by atoms with Crippen LogP contribution in [0.15, 0.2) is 0 Å². The second kappa shape index (κ2) is 5.36. The number of hydrogen-bond donors (Lipinski definition) is 2. The summed E-state index contributed by atoms with van der Waals surface area (Å²) < 4.78 is 45.3. The second-order valence-corrected chi connectivity index (χ2v) is 5.48. The van der Waals surface area contributed by atoms with Crippen LogP contribution in [-0.2, 0) is 14.6 Å². The first kappa shape index (κ1) is 14.2. The van der Waals surface area contributed by atoms with E-state index in [9.17, 15) is 22.0 Å². The lowest BCUT2D eigenvalue weighted by Gasteiger charge is -2.13. The Balaban J connectivity index is 4.17. The van der Waals surface area contributed by atoms with E-state index >= 15 is 0 Å². The van der Waals surface area contributed by atoms with Gasteiger partial charge in [0.15, 0.2) is 9.84 Å². The summed E-state index contributed by atoms with van der Waals surface area (Å²) in [4.78, 5) is 11.1. The van der Waals surface area contributed by atoms with Crippen molar-refractivity contribution < 1.29 is 27.1 Å². The molecule has 2 atom stereocenters. The predicted molar refractivity (Wildman–Crippen MR) is 49.3 cm³/mol. The lowest BCUT2D eigenvalue weighted by Crippen LogP contribution is -2.42. The third-order valence-electron chi connectivity index (χ3n) is 1.79. The van der Waals surface area contributed by atoms with Crippen LogP contribution in [0.3, 0.4) is 0 Å².